The number of nitrogen functional groups attached to an aromatic ring is 1. The lowest BCUT2D eigenvalue weighted by Crippen LogP contribution is -2.22. The lowest BCUT2D eigenvalue weighted by molar-refractivity contribution is -0.385. The van der Waals surface area contributed by atoms with Crippen LogP contribution in [0.2, 0.25) is 0 Å². The molecule has 9 nitrogen and oxygen atoms in total. The zero-order valence-corrected chi connectivity index (χ0v) is 10.1. The predicted octanol–water partition coefficient (Wildman–Crippen LogP) is 1.19. The van der Waals surface area contributed by atoms with Gasteiger partial charge >= 0.3 is 0 Å². The summed E-state index contributed by atoms with van der Waals surface area (Å²) in [6, 6.07) is 2.36. The molecule has 0 fully saturated rings. The van der Waals surface area contributed by atoms with Crippen molar-refractivity contribution in [2.45, 2.75) is 19.1 Å². The van der Waals surface area contributed by atoms with Gasteiger partial charge in [0, 0.05) is 28.3 Å². The van der Waals surface area contributed by atoms with Gasteiger partial charge < -0.3 is 15.9 Å². The number of rotatable bonds is 5. The highest BCUT2D eigenvalue weighted by atomic mass is 16.6. The predicted molar refractivity (Wildman–Crippen MR) is 67.2 cm³/mol. The molecule has 102 valence electrons. The van der Waals surface area contributed by atoms with Crippen LogP contribution in [0.4, 0.5) is 11.4 Å². The van der Waals surface area contributed by atoms with Gasteiger partial charge in [-0.25, -0.2) is 0 Å². The Morgan fingerprint density at radius 3 is 2.74 bits per heavy atom. The van der Waals surface area contributed by atoms with Crippen LogP contribution in [-0.4, -0.2) is 27.8 Å². The Morgan fingerprint density at radius 2 is 2.21 bits per heavy atom. The number of nitro groups is 1. The number of nitro benzene ring substituents is 1. The maximum atomic E-state index is 10.7. The number of aliphatic hydroxyl groups is 2. The third kappa shape index (κ3) is 3.32. The van der Waals surface area contributed by atoms with Gasteiger partial charge in [-0.2, -0.15) is 0 Å². The van der Waals surface area contributed by atoms with Gasteiger partial charge in [0.25, 0.3) is 5.69 Å². The molecule has 9 heteroatoms. The fraction of sp³-hybridized carbons (Fsp3) is 0.400. The van der Waals surface area contributed by atoms with Crippen molar-refractivity contribution in [2.75, 3.05) is 12.3 Å². The number of nitrogens with zero attached hydrogens (tertiary/aromatic N) is 4. The Hall–Kier alpha value is -2.35. The van der Waals surface area contributed by atoms with E-state index in [1.54, 1.807) is 6.92 Å². The molecule has 1 aromatic rings. The molecule has 0 aromatic heterocycles. The average Bonchev–Trinajstić information content (AvgIpc) is 2.37. The molecule has 2 unspecified atom stereocenters. The number of aryl methyl sites for hydroxylation is 1. The van der Waals surface area contributed by atoms with Crippen molar-refractivity contribution in [3.63, 3.8) is 0 Å². The van der Waals surface area contributed by atoms with Crippen LogP contribution in [0.15, 0.2) is 17.2 Å². The average molecular weight is 267 g/mol. The number of azide groups is 1. The molecule has 19 heavy (non-hydrogen) atoms. The van der Waals surface area contributed by atoms with E-state index in [1.165, 1.54) is 6.07 Å². The molecule has 1 aromatic carbocycles. The van der Waals surface area contributed by atoms with Crippen LogP contribution >= 0.6 is 0 Å². The first-order chi connectivity index (χ1) is 8.88. The zero-order chi connectivity index (χ0) is 14.6. The quantitative estimate of drug-likeness (QED) is 0.182. The molecule has 2 atom stereocenters. The second-order valence-electron chi connectivity index (χ2n) is 3.95. The van der Waals surface area contributed by atoms with Crippen molar-refractivity contribution in [1.29, 1.82) is 0 Å². The minimum Gasteiger partial charge on any atom is -0.398 e. The maximum absolute atomic E-state index is 10.7. The maximum Gasteiger partial charge on any atom is 0.270 e. The van der Waals surface area contributed by atoms with E-state index in [9.17, 15) is 20.3 Å². The molecule has 0 saturated carbocycles. The fourth-order valence-electron chi connectivity index (χ4n) is 1.58. The Balaban J connectivity index is 3.17. The topological polar surface area (TPSA) is 158 Å². The van der Waals surface area contributed by atoms with E-state index in [-0.39, 0.29) is 23.5 Å². The van der Waals surface area contributed by atoms with E-state index >= 15 is 0 Å². The number of non-ortho nitro benzene ring substituents is 1. The Bertz CT molecular complexity index is 541. The summed E-state index contributed by atoms with van der Waals surface area (Å²) in [5.74, 6) is 0. The van der Waals surface area contributed by atoms with Crippen molar-refractivity contribution in [3.05, 3.63) is 43.8 Å². The van der Waals surface area contributed by atoms with E-state index in [1.807, 2.05) is 0 Å². The molecule has 0 aliphatic rings. The molecule has 1 rings (SSSR count). The van der Waals surface area contributed by atoms with E-state index in [0.717, 1.165) is 6.07 Å². The third-order valence-electron chi connectivity index (χ3n) is 2.63. The summed E-state index contributed by atoms with van der Waals surface area (Å²) in [7, 11) is 0. The van der Waals surface area contributed by atoms with E-state index < -0.39 is 17.1 Å². The molecule has 0 aliphatic heterocycles. The van der Waals surface area contributed by atoms with E-state index in [4.69, 9.17) is 11.3 Å². The molecule has 4 N–H and O–H groups in total. The molecule has 0 bridgehead atoms. The number of nitrogens with two attached hydrogens (primary N) is 1. The Morgan fingerprint density at radius 1 is 1.58 bits per heavy atom. The fourth-order valence-corrected chi connectivity index (χ4v) is 1.58. The van der Waals surface area contributed by atoms with Gasteiger partial charge in [0.15, 0.2) is 0 Å². The second-order valence-corrected chi connectivity index (χ2v) is 3.95. The van der Waals surface area contributed by atoms with Crippen LogP contribution in [0, 0.1) is 17.0 Å². The molecule has 0 saturated heterocycles. The van der Waals surface area contributed by atoms with Gasteiger partial charge in [0.2, 0.25) is 0 Å². The van der Waals surface area contributed by atoms with E-state index in [2.05, 4.69) is 10.0 Å². The SMILES string of the molecule is Cc1cc([N+](=O)[O-])cc(C(O)C(O)CN=[N+]=[N-])c1N. The smallest absolute Gasteiger partial charge is 0.270 e. The standard InChI is InChI=1S/C10H13N5O4/c1-5-2-6(15(18)19)3-7(9(5)11)10(17)8(16)4-13-14-12/h2-3,8,10,16-17H,4,11H2,1H3. The third-order valence-corrected chi connectivity index (χ3v) is 2.63. The van der Waals surface area contributed by atoms with Gasteiger partial charge in [-0.3, -0.25) is 10.1 Å². The van der Waals surface area contributed by atoms with Crippen LogP contribution in [0.5, 0.6) is 0 Å². The number of benzene rings is 1. The monoisotopic (exact) mass is 267 g/mol. The van der Waals surface area contributed by atoms with Crippen LogP contribution < -0.4 is 5.73 Å². The minimum absolute atomic E-state index is 0.0346. The lowest BCUT2D eigenvalue weighted by Gasteiger charge is -2.18. The van der Waals surface area contributed by atoms with Crippen LogP contribution in [0.3, 0.4) is 0 Å². The van der Waals surface area contributed by atoms with Crippen LogP contribution in [0.1, 0.15) is 17.2 Å². The summed E-state index contributed by atoms with van der Waals surface area (Å²) in [6.07, 6.45) is -2.86. The van der Waals surface area contributed by atoms with Crippen LogP contribution in [0.25, 0.3) is 10.4 Å². The van der Waals surface area contributed by atoms with Gasteiger partial charge in [-0.15, -0.1) is 0 Å². The van der Waals surface area contributed by atoms with Gasteiger partial charge in [0.05, 0.1) is 17.6 Å². The van der Waals surface area contributed by atoms with Crippen molar-refractivity contribution in [2.24, 2.45) is 5.11 Å². The number of aliphatic hydroxyl groups excluding tert-OH is 2. The largest absolute Gasteiger partial charge is 0.398 e. The Labute approximate surface area is 108 Å². The van der Waals surface area contributed by atoms with Crippen molar-refractivity contribution in [3.8, 4) is 0 Å². The molecule has 0 heterocycles. The summed E-state index contributed by atoms with van der Waals surface area (Å²) in [5, 5.41) is 33.4. The Kier molecular flexibility index (Phi) is 4.65. The van der Waals surface area contributed by atoms with Crippen molar-refractivity contribution < 1.29 is 15.1 Å². The first-order valence-corrected chi connectivity index (χ1v) is 5.30. The van der Waals surface area contributed by atoms with Gasteiger partial charge in [-0.1, -0.05) is 5.11 Å². The normalized spacial score (nSPS) is 13.4. The number of anilines is 1. The van der Waals surface area contributed by atoms with Crippen molar-refractivity contribution in [1.82, 2.24) is 0 Å². The van der Waals surface area contributed by atoms with Gasteiger partial charge in [-0.05, 0) is 18.0 Å². The second kappa shape index (κ2) is 6.01. The molecule has 0 aliphatic carbocycles. The molecule has 0 spiro atoms. The van der Waals surface area contributed by atoms with E-state index in [0.29, 0.717) is 5.56 Å². The molecular formula is C10H13N5O4. The summed E-state index contributed by atoms with van der Waals surface area (Å²) in [4.78, 5) is 12.6. The van der Waals surface area contributed by atoms with Gasteiger partial charge in [0.1, 0.15) is 6.10 Å². The highest BCUT2D eigenvalue weighted by Crippen LogP contribution is 2.30. The number of hydrogen-bond donors (Lipinski definition) is 3. The summed E-state index contributed by atoms with van der Waals surface area (Å²) >= 11 is 0. The highest BCUT2D eigenvalue weighted by Gasteiger charge is 2.23. The first-order valence-electron chi connectivity index (χ1n) is 5.30. The molecule has 0 amide bonds. The van der Waals surface area contributed by atoms with Crippen LogP contribution in [-0.2, 0) is 0 Å². The molecule has 0 radical (unpaired) electrons. The first kappa shape index (κ1) is 14.7. The summed E-state index contributed by atoms with van der Waals surface area (Å²) < 4.78 is 0. The highest BCUT2D eigenvalue weighted by molar-refractivity contribution is 5.59. The van der Waals surface area contributed by atoms with Crippen molar-refractivity contribution >= 4 is 11.4 Å². The summed E-state index contributed by atoms with van der Waals surface area (Å²) in [6.45, 7) is 1.19. The summed E-state index contributed by atoms with van der Waals surface area (Å²) in [5.41, 5.74) is 14.2. The number of hydrogen-bond acceptors (Lipinski definition) is 6. The lowest BCUT2D eigenvalue weighted by atomic mass is 9.99. The zero-order valence-electron chi connectivity index (χ0n) is 10.1. The minimum atomic E-state index is -1.47. The molecular weight excluding hydrogens is 254 g/mol.